The van der Waals surface area contributed by atoms with Crippen LogP contribution in [0.5, 0.6) is 0 Å². The maximum atomic E-state index is 12.4. The van der Waals surface area contributed by atoms with Crippen molar-refractivity contribution in [3.05, 3.63) is 95.7 Å². The molecular formula is C23H19N3O5S. The standard InChI is InChI=1S/C23H19N3O5S/c1-15-19-9-5-6-10-20(19)31-21(15)23(28)25-24-22(27)16-11-13-17(14-12-16)26-32(29,30)18-7-3-2-4-8-18/h2-14,26H,1H3,(H,24,27)(H,25,28). The Labute approximate surface area is 184 Å². The summed E-state index contributed by atoms with van der Waals surface area (Å²) in [6.07, 6.45) is 0. The number of hydrogen-bond acceptors (Lipinski definition) is 5. The second-order valence-corrected chi connectivity index (χ2v) is 8.64. The SMILES string of the molecule is Cc1c(C(=O)NNC(=O)c2ccc(NS(=O)(=O)c3ccccc3)cc2)oc2ccccc12. The summed E-state index contributed by atoms with van der Waals surface area (Å²) in [5.41, 5.74) is 6.43. The van der Waals surface area contributed by atoms with Gasteiger partial charge in [-0.2, -0.15) is 0 Å². The monoisotopic (exact) mass is 449 g/mol. The smallest absolute Gasteiger partial charge is 0.305 e. The van der Waals surface area contributed by atoms with Gasteiger partial charge in [0.05, 0.1) is 4.90 Å². The summed E-state index contributed by atoms with van der Waals surface area (Å²) in [6.45, 7) is 1.76. The number of aryl methyl sites for hydroxylation is 1. The number of anilines is 1. The van der Waals surface area contributed by atoms with Crippen LogP contribution in [-0.2, 0) is 10.0 Å². The number of carbonyl (C=O) groups is 2. The van der Waals surface area contributed by atoms with Crippen LogP contribution in [0.1, 0.15) is 26.5 Å². The van der Waals surface area contributed by atoms with Gasteiger partial charge in [-0.3, -0.25) is 25.2 Å². The van der Waals surface area contributed by atoms with Gasteiger partial charge in [-0.15, -0.1) is 0 Å². The van der Waals surface area contributed by atoms with Gasteiger partial charge in [0, 0.05) is 22.2 Å². The fourth-order valence-corrected chi connectivity index (χ4v) is 4.22. The lowest BCUT2D eigenvalue weighted by Gasteiger charge is -2.09. The Kier molecular flexibility index (Phi) is 5.65. The molecule has 2 amide bonds. The molecule has 0 saturated carbocycles. The fraction of sp³-hybridized carbons (Fsp3) is 0.0435. The lowest BCUT2D eigenvalue weighted by molar-refractivity contribution is 0.0831. The van der Waals surface area contributed by atoms with E-state index in [9.17, 15) is 18.0 Å². The topological polar surface area (TPSA) is 118 Å². The van der Waals surface area contributed by atoms with E-state index in [1.807, 2.05) is 12.1 Å². The average molecular weight is 449 g/mol. The van der Waals surface area contributed by atoms with Crippen LogP contribution in [0.25, 0.3) is 11.0 Å². The highest BCUT2D eigenvalue weighted by atomic mass is 32.2. The van der Waals surface area contributed by atoms with Crippen molar-refractivity contribution in [1.82, 2.24) is 10.9 Å². The minimum Gasteiger partial charge on any atom is -0.451 e. The number of furan rings is 1. The van der Waals surface area contributed by atoms with Crippen molar-refractivity contribution in [2.75, 3.05) is 4.72 Å². The van der Waals surface area contributed by atoms with Crippen molar-refractivity contribution in [3.8, 4) is 0 Å². The second-order valence-electron chi connectivity index (χ2n) is 6.96. The van der Waals surface area contributed by atoms with E-state index in [4.69, 9.17) is 4.42 Å². The number of carbonyl (C=O) groups excluding carboxylic acids is 2. The Morgan fingerprint density at radius 1 is 0.781 bits per heavy atom. The first-order chi connectivity index (χ1) is 15.3. The third-order valence-corrected chi connectivity index (χ3v) is 6.19. The van der Waals surface area contributed by atoms with Crippen molar-refractivity contribution < 1.29 is 22.4 Å². The van der Waals surface area contributed by atoms with Crippen LogP contribution in [0.3, 0.4) is 0 Å². The quantitative estimate of drug-likeness (QED) is 0.402. The van der Waals surface area contributed by atoms with Crippen molar-refractivity contribution in [1.29, 1.82) is 0 Å². The third kappa shape index (κ3) is 4.33. The van der Waals surface area contributed by atoms with Gasteiger partial charge < -0.3 is 4.42 Å². The summed E-state index contributed by atoms with van der Waals surface area (Å²) < 4.78 is 32.8. The van der Waals surface area contributed by atoms with Gasteiger partial charge in [0.15, 0.2) is 5.76 Å². The average Bonchev–Trinajstić information content (AvgIpc) is 3.15. The highest BCUT2D eigenvalue weighted by Crippen LogP contribution is 2.24. The zero-order chi connectivity index (χ0) is 22.7. The van der Waals surface area contributed by atoms with Crippen LogP contribution in [0.4, 0.5) is 5.69 Å². The minimum absolute atomic E-state index is 0.108. The fourth-order valence-electron chi connectivity index (χ4n) is 3.14. The normalized spacial score (nSPS) is 11.2. The number of benzene rings is 3. The van der Waals surface area contributed by atoms with Crippen LogP contribution in [0.15, 0.2) is 88.2 Å². The van der Waals surface area contributed by atoms with Crippen molar-refractivity contribution >= 4 is 38.5 Å². The van der Waals surface area contributed by atoms with Crippen LogP contribution in [0.2, 0.25) is 0 Å². The number of hydrogen-bond donors (Lipinski definition) is 3. The molecule has 32 heavy (non-hydrogen) atoms. The van der Waals surface area contributed by atoms with Crippen LogP contribution >= 0.6 is 0 Å². The van der Waals surface area contributed by atoms with Gasteiger partial charge in [-0.1, -0.05) is 36.4 Å². The summed E-state index contributed by atoms with van der Waals surface area (Å²) in [5, 5.41) is 0.817. The largest absolute Gasteiger partial charge is 0.451 e. The number of amides is 2. The van der Waals surface area contributed by atoms with Gasteiger partial charge in [-0.25, -0.2) is 8.42 Å². The molecule has 4 aromatic rings. The molecule has 0 unspecified atom stereocenters. The predicted molar refractivity (Wildman–Crippen MR) is 120 cm³/mol. The molecule has 0 aliphatic rings. The van der Waals surface area contributed by atoms with E-state index in [0.29, 0.717) is 16.8 Å². The highest BCUT2D eigenvalue weighted by molar-refractivity contribution is 7.92. The number of para-hydroxylation sites is 1. The Morgan fingerprint density at radius 2 is 1.41 bits per heavy atom. The highest BCUT2D eigenvalue weighted by Gasteiger charge is 2.18. The maximum Gasteiger partial charge on any atom is 0.305 e. The van der Waals surface area contributed by atoms with Crippen molar-refractivity contribution in [3.63, 3.8) is 0 Å². The molecule has 0 saturated heterocycles. The Hall–Kier alpha value is -4.11. The van der Waals surface area contributed by atoms with E-state index in [1.165, 1.54) is 36.4 Å². The molecule has 3 aromatic carbocycles. The van der Waals surface area contributed by atoms with E-state index < -0.39 is 21.8 Å². The number of sulfonamides is 1. The molecule has 0 aliphatic heterocycles. The summed E-state index contributed by atoms with van der Waals surface area (Å²) in [5.74, 6) is -1.04. The minimum atomic E-state index is -3.73. The molecule has 3 N–H and O–H groups in total. The van der Waals surface area contributed by atoms with Crippen LogP contribution in [0, 0.1) is 6.92 Å². The van der Waals surface area contributed by atoms with Crippen molar-refractivity contribution in [2.24, 2.45) is 0 Å². The zero-order valence-corrected chi connectivity index (χ0v) is 17.8. The molecular weight excluding hydrogens is 430 g/mol. The van der Waals surface area contributed by atoms with Gasteiger partial charge >= 0.3 is 5.91 Å². The Balaban J connectivity index is 1.39. The van der Waals surface area contributed by atoms with Gasteiger partial charge in [0.25, 0.3) is 15.9 Å². The Bertz CT molecular complexity index is 1390. The van der Waals surface area contributed by atoms with Gasteiger partial charge in [-0.05, 0) is 49.4 Å². The van der Waals surface area contributed by atoms with E-state index >= 15 is 0 Å². The number of nitrogens with one attached hydrogen (secondary N) is 3. The molecule has 1 heterocycles. The molecule has 0 atom stereocenters. The van der Waals surface area contributed by atoms with E-state index in [1.54, 1.807) is 37.3 Å². The number of hydrazine groups is 1. The zero-order valence-electron chi connectivity index (χ0n) is 17.0. The van der Waals surface area contributed by atoms with Gasteiger partial charge in [0.2, 0.25) is 0 Å². The van der Waals surface area contributed by atoms with E-state index in [0.717, 1.165) is 5.39 Å². The third-order valence-electron chi connectivity index (χ3n) is 4.79. The molecule has 0 aliphatic carbocycles. The molecule has 9 heteroatoms. The summed E-state index contributed by atoms with van der Waals surface area (Å²) >= 11 is 0. The summed E-state index contributed by atoms with van der Waals surface area (Å²) in [4.78, 5) is 24.9. The lowest BCUT2D eigenvalue weighted by Crippen LogP contribution is -2.41. The van der Waals surface area contributed by atoms with E-state index in [-0.39, 0.29) is 16.2 Å². The molecule has 8 nitrogen and oxygen atoms in total. The molecule has 4 rings (SSSR count). The lowest BCUT2D eigenvalue weighted by atomic mass is 10.1. The van der Waals surface area contributed by atoms with Crippen LogP contribution in [-0.4, -0.2) is 20.2 Å². The molecule has 0 radical (unpaired) electrons. The first kappa shape index (κ1) is 21.1. The number of rotatable bonds is 5. The molecule has 0 fully saturated rings. The van der Waals surface area contributed by atoms with Crippen LogP contribution < -0.4 is 15.6 Å². The maximum absolute atomic E-state index is 12.4. The Morgan fingerprint density at radius 3 is 2.09 bits per heavy atom. The molecule has 162 valence electrons. The molecule has 0 bridgehead atoms. The second kappa shape index (κ2) is 8.56. The summed E-state index contributed by atoms with van der Waals surface area (Å²) in [6, 6.07) is 21.0. The molecule has 0 spiro atoms. The predicted octanol–water partition coefficient (Wildman–Crippen LogP) is 3.62. The first-order valence-electron chi connectivity index (χ1n) is 9.62. The molecule has 1 aromatic heterocycles. The first-order valence-corrected chi connectivity index (χ1v) is 11.1. The number of fused-ring (bicyclic) bond motifs is 1. The van der Waals surface area contributed by atoms with E-state index in [2.05, 4.69) is 15.6 Å². The van der Waals surface area contributed by atoms with Crippen molar-refractivity contribution in [2.45, 2.75) is 11.8 Å². The summed E-state index contributed by atoms with van der Waals surface area (Å²) in [7, 11) is -3.73. The van der Waals surface area contributed by atoms with Gasteiger partial charge in [0.1, 0.15) is 5.58 Å².